The zero-order chi connectivity index (χ0) is 20.8. The number of nitrogens with one attached hydrogen (secondary N) is 1. The summed E-state index contributed by atoms with van der Waals surface area (Å²) >= 11 is 6.22. The summed E-state index contributed by atoms with van der Waals surface area (Å²) in [7, 11) is 0. The van der Waals surface area contributed by atoms with Crippen LogP contribution in [0.4, 0.5) is 0 Å². The maximum absolute atomic E-state index is 12.8. The summed E-state index contributed by atoms with van der Waals surface area (Å²) in [4.78, 5) is 29.3. The van der Waals surface area contributed by atoms with Gasteiger partial charge >= 0.3 is 0 Å². The third kappa shape index (κ3) is 5.81. The molecule has 2 amide bonds. The third-order valence-electron chi connectivity index (χ3n) is 5.26. The molecule has 2 aromatic rings. The number of nitrogens with zero attached hydrogens (tertiary/aromatic N) is 2. The van der Waals surface area contributed by atoms with Crippen molar-refractivity contribution in [1.29, 1.82) is 0 Å². The molecular weight excluding hydrogens is 386 g/mol. The first-order valence-electron chi connectivity index (χ1n) is 10.1. The molecule has 3 rings (SSSR count). The van der Waals surface area contributed by atoms with Crippen molar-refractivity contribution in [2.45, 2.75) is 26.3 Å². The molecule has 0 aliphatic carbocycles. The summed E-state index contributed by atoms with van der Waals surface area (Å²) in [6.07, 6.45) is 0.852. The Morgan fingerprint density at radius 1 is 1.07 bits per heavy atom. The van der Waals surface area contributed by atoms with Gasteiger partial charge in [-0.2, -0.15) is 0 Å². The van der Waals surface area contributed by atoms with Crippen LogP contribution in [0.1, 0.15) is 40.9 Å². The molecule has 5 nitrogen and oxygen atoms in total. The lowest BCUT2D eigenvalue weighted by Crippen LogP contribution is -2.40. The Balaban J connectivity index is 1.52. The Labute approximate surface area is 177 Å². The van der Waals surface area contributed by atoms with Crippen molar-refractivity contribution in [3.8, 4) is 0 Å². The Morgan fingerprint density at radius 3 is 2.62 bits per heavy atom. The molecule has 2 aromatic carbocycles. The first kappa shape index (κ1) is 21.3. The van der Waals surface area contributed by atoms with E-state index >= 15 is 0 Å². The van der Waals surface area contributed by atoms with Crippen LogP contribution in [0, 0.1) is 6.92 Å². The van der Waals surface area contributed by atoms with Crippen LogP contribution in [-0.4, -0.2) is 54.3 Å². The van der Waals surface area contributed by atoms with E-state index in [0.717, 1.165) is 29.7 Å². The second kappa shape index (κ2) is 9.90. The van der Waals surface area contributed by atoms with E-state index in [1.54, 1.807) is 0 Å². The van der Waals surface area contributed by atoms with Gasteiger partial charge in [-0.15, -0.1) is 0 Å². The summed E-state index contributed by atoms with van der Waals surface area (Å²) in [5.74, 6) is 0.0308. The van der Waals surface area contributed by atoms with Crippen LogP contribution < -0.4 is 5.32 Å². The zero-order valence-corrected chi connectivity index (χ0v) is 17.8. The van der Waals surface area contributed by atoms with Crippen LogP contribution in [-0.2, 0) is 4.79 Å². The maximum atomic E-state index is 12.8. The lowest BCUT2D eigenvalue weighted by atomic mass is 10.1. The number of halogens is 1. The van der Waals surface area contributed by atoms with Gasteiger partial charge in [0.2, 0.25) is 5.91 Å². The molecule has 1 saturated heterocycles. The van der Waals surface area contributed by atoms with Crippen molar-refractivity contribution in [3.05, 3.63) is 70.2 Å². The van der Waals surface area contributed by atoms with Crippen molar-refractivity contribution in [1.82, 2.24) is 15.1 Å². The highest BCUT2D eigenvalue weighted by Gasteiger charge is 2.22. The summed E-state index contributed by atoms with van der Waals surface area (Å²) in [6.45, 7) is 7.06. The number of carbonyl (C=O) groups excluding carboxylic acids is 2. The lowest BCUT2D eigenvalue weighted by molar-refractivity contribution is -0.122. The number of amides is 2. The molecule has 154 valence electrons. The van der Waals surface area contributed by atoms with E-state index in [0.29, 0.717) is 31.2 Å². The SMILES string of the molecule is Cc1cccc(C(=O)N2CCCN(CC(=O)NC(C)c3ccccc3Cl)CC2)c1. The molecule has 1 fully saturated rings. The standard InChI is InChI=1S/C23H28ClN3O2/c1-17-7-5-8-19(15-17)23(29)27-12-6-11-26(13-14-27)16-22(28)25-18(2)20-9-3-4-10-21(20)24/h3-5,7-10,15,18H,6,11-14,16H2,1-2H3,(H,25,28). The van der Waals surface area contributed by atoms with E-state index in [4.69, 9.17) is 11.6 Å². The van der Waals surface area contributed by atoms with Crippen molar-refractivity contribution in [2.75, 3.05) is 32.7 Å². The van der Waals surface area contributed by atoms with Gasteiger partial charge in [0.1, 0.15) is 0 Å². The molecule has 1 atom stereocenters. The van der Waals surface area contributed by atoms with Crippen LogP contribution in [0.3, 0.4) is 0 Å². The maximum Gasteiger partial charge on any atom is 0.253 e. The molecule has 0 aromatic heterocycles. The highest BCUT2D eigenvalue weighted by Crippen LogP contribution is 2.22. The normalized spacial score (nSPS) is 16.2. The molecule has 1 aliphatic rings. The molecule has 0 spiro atoms. The second-order valence-electron chi connectivity index (χ2n) is 7.60. The summed E-state index contributed by atoms with van der Waals surface area (Å²) in [5.41, 5.74) is 2.72. The minimum atomic E-state index is -0.150. The molecule has 0 saturated carbocycles. The van der Waals surface area contributed by atoms with E-state index in [1.165, 1.54) is 0 Å². The van der Waals surface area contributed by atoms with Crippen molar-refractivity contribution in [3.63, 3.8) is 0 Å². The molecule has 0 radical (unpaired) electrons. The molecule has 1 N–H and O–H groups in total. The molecular formula is C23H28ClN3O2. The molecule has 1 unspecified atom stereocenters. The van der Waals surface area contributed by atoms with Gasteiger partial charge in [0.15, 0.2) is 0 Å². The van der Waals surface area contributed by atoms with Gasteiger partial charge in [0.25, 0.3) is 5.91 Å². The minimum absolute atomic E-state index is 0.0316. The number of hydrogen-bond donors (Lipinski definition) is 1. The molecule has 6 heteroatoms. The topological polar surface area (TPSA) is 52.7 Å². The monoisotopic (exact) mass is 413 g/mol. The fraction of sp³-hybridized carbons (Fsp3) is 0.391. The Morgan fingerprint density at radius 2 is 1.86 bits per heavy atom. The first-order valence-corrected chi connectivity index (χ1v) is 10.4. The number of benzene rings is 2. The van der Waals surface area contributed by atoms with E-state index in [1.807, 2.05) is 67.3 Å². The highest BCUT2D eigenvalue weighted by molar-refractivity contribution is 6.31. The van der Waals surface area contributed by atoms with E-state index < -0.39 is 0 Å². The highest BCUT2D eigenvalue weighted by atomic mass is 35.5. The van der Waals surface area contributed by atoms with Gasteiger partial charge in [-0.1, -0.05) is 47.5 Å². The number of hydrogen-bond acceptors (Lipinski definition) is 3. The smallest absolute Gasteiger partial charge is 0.253 e. The minimum Gasteiger partial charge on any atom is -0.348 e. The fourth-order valence-corrected chi connectivity index (χ4v) is 3.99. The van der Waals surface area contributed by atoms with Gasteiger partial charge in [-0.05, 0) is 44.0 Å². The largest absolute Gasteiger partial charge is 0.348 e. The Hall–Kier alpha value is -2.37. The van der Waals surface area contributed by atoms with Crippen molar-refractivity contribution in [2.24, 2.45) is 0 Å². The van der Waals surface area contributed by atoms with Crippen LogP contribution in [0.2, 0.25) is 5.02 Å². The molecule has 1 heterocycles. The van der Waals surface area contributed by atoms with Crippen molar-refractivity contribution < 1.29 is 9.59 Å². The molecule has 0 bridgehead atoms. The lowest BCUT2D eigenvalue weighted by Gasteiger charge is -2.23. The van der Waals surface area contributed by atoms with Crippen LogP contribution in [0.5, 0.6) is 0 Å². The fourth-order valence-electron chi connectivity index (χ4n) is 3.69. The zero-order valence-electron chi connectivity index (χ0n) is 17.0. The van der Waals surface area contributed by atoms with E-state index in [-0.39, 0.29) is 17.9 Å². The summed E-state index contributed by atoms with van der Waals surface area (Å²) in [6, 6.07) is 15.1. The Kier molecular flexibility index (Phi) is 7.29. The Bertz CT molecular complexity index is 871. The van der Waals surface area contributed by atoms with Crippen LogP contribution in [0.25, 0.3) is 0 Å². The first-order chi connectivity index (χ1) is 13.9. The van der Waals surface area contributed by atoms with Gasteiger partial charge in [0.05, 0.1) is 12.6 Å². The van der Waals surface area contributed by atoms with Crippen molar-refractivity contribution >= 4 is 23.4 Å². The summed E-state index contributed by atoms with van der Waals surface area (Å²) in [5, 5.41) is 3.68. The quantitative estimate of drug-likeness (QED) is 0.813. The van der Waals surface area contributed by atoms with Gasteiger partial charge in [0, 0.05) is 36.8 Å². The third-order valence-corrected chi connectivity index (χ3v) is 5.60. The molecule has 1 aliphatic heterocycles. The average molecular weight is 414 g/mol. The number of rotatable bonds is 5. The van der Waals surface area contributed by atoms with Crippen LogP contribution >= 0.6 is 11.6 Å². The predicted molar refractivity (Wildman–Crippen MR) is 116 cm³/mol. The van der Waals surface area contributed by atoms with Crippen LogP contribution in [0.15, 0.2) is 48.5 Å². The van der Waals surface area contributed by atoms with Gasteiger partial charge in [-0.3, -0.25) is 14.5 Å². The van der Waals surface area contributed by atoms with Gasteiger partial charge in [-0.25, -0.2) is 0 Å². The number of aryl methyl sites for hydroxylation is 1. The van der Waals surface area contributed by atoms with E-state index in [9.17, 15) is 9.59 Å². The second-order valence-corrected chi connectivity index (χ2v) is 8.01. The van der Waals surface area contributed by atoms with E-state index in [2.05, 4.69) is 10.2 Å². The van der Waals surface area contributed by atoms with Gasteiger partial charge < -0.3 is 10.2 Å². The average Bonchev–Trinajstić information content (AvgIpc) is 2.93. The molecule has 29 heavy (non-hydrogen) atoms. The summed E-state index contributed by atoms with van der Waals surface area (Å²) < 4.78 is 0. The predicted octanol–water partition coefficient (Wildman–Crippen LogP) is 3.67. The number of carbonyl (C=O) groups is 2.